The number of carbonyl (C=O) groups excluding carboxylic acids is 1. The van der Waals surface area contributed by atoms with Gasteiger partial charge in [0.2, 0.25) is 0 Å². The number of anilines is 1. The summed E-state index contributed by atoms with van der Waals surface area (Å²) in [7, 11) is 0. The molecule has 2 saturated heterocycles. The fraction of sp³-hybridized carbons (Fsp3) is 0.333. The monoisotopic (exact) mass is 514 g/mol. The van der Waals surface area contributed by atoms with Crippen LogP contribution in [0.15, 0.2) is 66.7 Å². The number of fused-ring (bicyclic) bond motifs is 1. The number of aromatic amines is 1. The smallest absolute Gasteiger partial charge is 0.251 e. The average molecular weight is 515 g/mol. The Balaban J connectivity index is 1.21. The zero-order chi connectivity index (χ0) is 25.5. The Morgan fingerprint density at radius 2 is 1.81 bits per heavy atom. The minimum absolute atomic E-state index is 0.132. The highest BCUT2D eigenvalue weighted by atomic mass is 35.5. The number of aromatic nitrogens is 2. The van der Waals surface area contributed by atoms with Gasteiger partial charge in [0, 0.05) is 52.1 Å². The molecule has 3 heterocycles. The molecule has 2 N–H and O–H groups in total. The van der Waals surface area contributed by atoms with E-state index < -0.39 is 0 Å². The number of carbonyl (C=O) groups is 1. The van der Waals surface area contributed by atoms with Crippen molar-refractivity contribution in [3.63, 3.8) is 0 Å². The third-order valence-corrected chi connectivity index (χ3v) is 8.11. The van der Waals surface area contributed by atoms with Crippen molar-refractivity contribution < 1.29 is 9.53 Å². The first kappa shape index (κ1) is 24.0. The van der Waals surface area contributed by atoms with Crippen LogP contribution in [0.2, 0.25) is 5.02 Å². The molecule has 2 aliphatic rings. The number of amides is 1. The highest BCUT2D eigenvalue weighted by Crippen LogP contribution is 2.35. The SMILES string of the molecule is CC(C)C(NC(=O)c1ccc2[nH]nc(-c3ccc(N4CC(C5COC5)C4)cc3)c2c1)c1ccccc1Cl. The summed E-state index contributed by atoms with van der Waals surface area (Å²) in [4.78, 5) is 15.7. The third kappa shape index (κ3) is 4.60. The second kappa shape index (κ2) is 9.84. The lowest BCUT2D eigenvalue weighted by Gasteiger charge is -2.47. The van der Waals surface area contributed by atoms with Gasteiger partial charge in [0.1, 0.15) is 0 Å². The second-order valence-electron chi connectivity index (χ2n) is 10.6. The fourth-order valence-corrected chi connectivity index (χ4v) is 5.56. The van der Waals surface area contributed by atoms with Gasteiger partial charge in [-0.25, -0.2) is 0 Å². The Hall–Kier alpha value is -3.35. The van der Waals surface area contributed by atoms with E-state index in [9.17, 15) is 4.79 Å². The molecule has 0 spiro atoms. The molecule has 3 aromatic carbocycles. The lowest BCUT2D eigenvalue weighted by Crippen LogP contribution is -2.54. The van der Waals surface area contributed by atoms with Gasteiger partial charge in [-0.05, 0) is 47.9 Å². The van der Waals surface area contributed by atoms with Crippen molar-refractivity contribution in [2.45, 2.75) is 19.9 Å². The van der Waals surface area contributed by atoms with E-state index in [1.807, 2.05) is 42.5 Å². The summed E-state index contributed by atoms with van der Waals surface area (Å²) in [6.07, 6.45) is 0. The van der Waals surface area contributed by atoms with E-state index in [0.717, 1.165) is 65.9 Å². The number of ether oxygens (including phenoxy) is 1. The number of hydrogen-bond acceptors (Lipinski definition) is 4. The molecule has 6 nitrogen and oxygen atoms in total. The summed E-state index contributed by atoms with van der Waals surface area (Å²) in [5, 5.41) is 12.5. The van der Waals surface area contributed by atoms with Gasteiger partial charge in [0.15, 0.2) is 0 Å². The van der Waals surface area contributed by atoms with Crippen molar-refractivity contribution in [3.8, 4) is 11.3 Å². The summed E-state index contributed by atoms with van der Waals surface area (Å²) in [6, 6.07) is 21.7. The Morgan fingerprint density at radius 1 is 1.05 bits per heavy atom. The predicted molar refractivity (Wildman–Crippen MR) is 148 cm³/mol. The molecular weight excluding hydrogens is 484 g/mol. The van der Waals surface area contributed by atoms with Crippen LogP contribution in [0.1, 0.15) is 35.8 Å². The highest BCUT2D eigenvalue weighted by molar-refractivity contribution is 6.31. The lowest BCUT2D eigenvalue weighted by atomic mass is 9.84. The number of nitrogens with zero attached hydrogens (tertiary/aromatic N) is 2. The standard InChI is InChI=1S/C30H31ClN4O2/c1-18(2)28(24-5-3-4-6-26(24)31)32-30(36)20-9-12-27-25(13-20)29(34-33-27)19-7-10-23(11-8-19)35-14-21(15-35)22-16-37-17-22/h3-13,18,21-22,28H,14-17H2,1-2H3,(H,32,36)(H,33,34). The Morgan fingerprint density at radius 3 is 2.49 bits per heavy atom. The number of benzene rings is 3. The van der Waals surface area contributed by atoms with Crippen LogP contribution < -0.4 is 10.2 Å². The molecular formula is C30H31ClN4O2. The van der Waals surface area contributed by atoms with E-state index in [-0.39, 0.29) is 17.9 Å². The first-order chi connectivity index (χ1) is 18.0. The molecule has 2 aliphatic heterocycles. The van der Waals surface area contributed by atoms with Crippen LogP contribution >= 0.6 is 11.6 Å². The van der Waals surface area contributed by atoms with Gasteiger partial charge in [0.25, 0.3) is 5.91 Å². The zero-order valence-electron chi connectivity index (χ0n) is 21.1. The van der Waals surface area contributed by atoms with Gasteiger partial charge in [-0.1, -0.05) is 55.8 Å². The van der Waals surface area contributed by atoms with Crippen LogP contribution in [0.4, 0.5) is 5.69 Å². The first-order valence-corrected chi connectivity index (χ1v) is 13.3. The largest absolute Gasteiger partial charge is 0.381 e. The van der Waals surface area contributed by atoms with Gasteiger partial charge in [0.05, 0.1) is 30.5 Å². The van der Waals surface area contributed by atoms with Crippen molar-refractivity contribution in [2.24, 2.45) is 17.8 Å². The maximum atomic E-state index is 13.3. The first-order valence-electron chi connectivity index (χ1n) is 12.9. The molecule has 6 rings (SSSR count). The van der Waals surface area contributed by atoms with Crippen molar-refractivity contribution in [1.29, 1.82) is 0 Å². The zero-order valence-corrected chi connectivity index (χ0v) is 21.8. The highest BCUT2D eigenvalue weighted by Gasteiger charge is 2.37. The topological polar surface area (TPSA) is 70.2 Å². The molecule has 1 aromatic heterocycles. The molecule has 0 bridgehead atoms. The van der Waals surface area contributed by atoms with E-state index in [4.69, 9.17) is 16.3 Å². The molecule has 1 atom stereocenters. The van der Waals surface area contributed by atoms with Gasteiger partial charge in [-0.15, -0.1) is 0 Å². The number of nitrogens with one attached hydrogen (secondary N) is 2. The van der Waals surface area contributed by atoms with Gasteiger partial charge in [-0.2, -0.15) is 5.10 Å². The Bertz CT molecular complexity index is 1420. The van der Waals surface area contributed by atoms with E-state index >= 15 is 0 Å². The van der Waals surface area contributed by atoms with Crippen LogP contribution in [0.5, 0.6) is 0 Å². The molecule has 4 aromatic rings. The fourth-order valence-electron chi connectivity index (χ4n) is 5.31. The molecule has 0 radical (unpaired) electrons. The Kier molecular flexibility index (Phi) is 6.39. The van der Waals surface area contributed by atoms with Crippen LogP contribution in [0.3, 0.4) is 0 Å². The van der Waals surface area contributed by atoms with E-state index in [0.29, 0.717) is 10.6 Å². The third-order valence-electron chi connectivity index (χ3n) is 7.76. The molecule has 1 amide bonds. The Labute approximate surface area is 222 Å². The number of hydrogen-bond donors (Lipinski definition) is 2. The van der Waals surface area contributed by atoms with E-state index in [2.05, 4.69) is 58.5 Å². The van der Waals surface area contributed by atoms with Crippen LogP contribution in [0, 0.1) is 17.8 Å². The molecule has 37 heavy (non-hydrogen) atoms. The summed E-state index contributed by atoms with van der Waals surface area (Å²) >= 11 is 6.45. The predicted octanol–water partition coefficient (Wildman–Crippen LogP) is 6.09. The molecule has 7 heteroatoms. The second-order valence-corrected chi connectivity index (χ2v) is 11.0. The van der Waals surface area contributed by atoms with Gasteiger partial charge < -0.3 is 15.0 Å². The number of H-pyrrole nitrogens is 1. The minimum Gasteiger partial charge on any atom is -0.381 e. The number of rotatable bonds is 7. The molecule has 0 aliphatic carbocycles. The van der Waals surface area contributed by atoms with Crippen LogP contribution in [-0.4, -0.2) is 42.4 Å². The number of halogens is 1. The van der Waals surface area contributed by atoms with Crippen LogP contribution in [-0.2, 0) is 4.74 Å². The summed E-state index contributed by atoms with van der Waals surface area (Å²) < 4.78 is 5.34. The van der Waals surface area contributed by atoms with Crippen molar-refractivity contribution in [2.75, 3.05) is 31.2 Å². The minimum atomic E-state index is -0.189. The molecule has 190 valence electrons. The van der Waals surface area contributed by atoms with Crippen LogP contribution in [0.25, 0.3) is 22.2 Å². The molecule has 2 fully saturated rings. The maximum Gasteiger partial charge on any atom is 0.251 e. The van der Waals surface area contributed by atoms with E-state index in [1.165, 1.54) is 5.69 Å². The molecule has 0 saturated carbocycles. The summed E-state index contributed by atoms with van der Waals surface area (Å²) in [6.45, 7) is 8.20. The van der Waals surface area contributed by atoms with Crippen molar-refractivity contribution in [1.82, 2.24) is 15.5 Å². The summed E-state index contributed by atoms with van der Waals surface area (Å²) in [5.74, 6) is 1.53. The lowest BCUT2D eigenvalue weighted by molar-refractivity contribution is -0.0659. The van der Waals surface area contributed by atoms with Gasteiger partial charge in [-0.3, -0.25) is 9.89 Å². The quantitative estimate of drug-likeness (QED) is 0.313. The van der Waals surface area contributed by atoms with E-state index in [1.54, 1.807) is 0 Å². The molecule has 1 unspecified atom stereocenters. The average Bonchev–Trinajstić information content (AvgIpc) is 3.27. The van der Waals surface area contributed by atoms with Crippen molar-refractivity contribution >= 4 is 34.1 Å². The van der Waals surface area contributed by atoms with Gasteiger partial charge >= 0.3 is 0 Å². The maximum absolute atomic E-state index is 13.3. The normalized spacial score (nSPS) is 17.0. The van der Waals surface area contributed by atoms with Crippen molar-refractivity contribution in [3.05, 3.63) is 82.9 Å². The summed E-state index contributed by atoms with van der Waals surface area (Å²) in [5.41, 5.74) is 5.52.